The Morgan fingerprint density at radius 1 is 1.31 bits per heavy atom. The standard InChI is InChI=1S/C17H16ClN3O5/c1-2-25-14-6-3-12(4-7-14)10-19-26-11-17(22)20-13-5-8-15(18)16(9-13)21(23)24/h3-10H,2,11H2,1H3,(H,20,22)/b19-10-. The largest absolute Gasteiger partial charge is 0.494 e. The highest BCUT2D eigenvalue weighted by Gasteiger charge is 2.13. The topological polar surface area (TPSA) is 103 Å². The fourth-order valence-electron chi connectivity index (χ4n) is 1.94. The maximum Gasteiger partial charge on any atom is 0.289 e. The third-order valence-electron chi connectivity index (χ3n) is 3.09. The minimum Gasteiger partial charge on any atom is -0.494 e. The van der Waals surface area contributed by atoms with Crippen LogP contribution in [0, 0.1) is 10.1 Å². The third-order valence-corrected chi connectivity index (χ3v) is 3.41. The smallest absolute Gasteiger partial charge is 0.289 e. The molecule has 0 bridgehead atoms. The second kappa shape index (κ2) is 9.38. The van der Waals surface area contributed by atoms with Gasteiger partial charge in [-0.3, -0.25) is 14.9 Å². The number of benzene rings is 2. The van der Waals surface area contributed by atoms with E-state index >= 15 is 0 Å². The maximum atomic E-state index is 11.8. The first kappa shape index (κ1) is 19.2. The molecule has 0 spiro atoms. The van der Waals surface area contributed by atoms with Gasteiger partial charge in [-0.1, -0.05) is 16.8 Å². The van der Waals surface area contributed by atoms with Crippen LogP contribution in [-0.2, 0) is 9.63 Å². The molecule has 2 aromatic rings. The van der Waals surface area contributed by atoms with Crippen molar-refractivity contribution in [1.29, 1.82) is 0 Å². The molecule has 1 N–H and O–H groups in total. The molecule has 2 aromatic carbocycles. The van der Waals surface area contributed by atoms with E-state index in [0.717, 1.165) is 11.3 Å². The Hall–Kier alpha value is -3.13. The molecule has 0 saturated heterocycles. The van der Waals surface area contributed by atoms with Crippen LogP contribution in [-0.4, -0.2) is 30.3 Å². The van der Waals surface area contributed by atoms with E-state index in [2.05, 4.69) is 10.5 Å². The van der Waals surface area contributed by atoms with E-state index in [1.54, 1.807) is 24.3 Å². The van der Waals surface area contributed by atoms with Gasteiger partial charge in [-0.25, -0.2) is 0 Å². The Labute approximate surface area is 154 Å². The van der Waals surface area contributed by atoms with Crippen molar-refractivity contribution in [3.8, 4) is 5.75 Å². The number of carbonyl (C=O) groups is 1. The first-order valence-corrected chi connectivity index (χ1v) is 7.99. The van der Waals surface area contributed by atoms with Gasteiger partial charge < -0.3 is 14.9 Å². The highest BCUT2D eigenvalue weighted by Crippen LogP contribution is 2.27. The van der Waals surface area contributed by atoms with Crippen LogP contribution in [0.5, 0.6) is 5.75 Å². The summed E-state index contributed by atoms with van der Waals surface area (Å²) in [6, 6.07) is 11.1. The van der Waals surface area contributed by atoms with E-state index in [9.17, 15) is 14.9 Å². The first-order chi connectivity index (χ1) is 12.5. The Morgan fingerprint density at radius 2 is 2.04 bits per heavy atom. The SMILES string of the molecule is CCOc1ccc(/C=N\OCC(=O)Nc2ccc(Cl)c([N+](=O)[O-])c2)cc1. The normalized spacial score (nSPS) is 10.5. The number of nitro groups is 1. The quantitative estimate of drug-likeness (QED) is 0.429. The van der Waals surface area contributed by atoms with Gasteiger partial charge in [0.2, 0.25) is 0 Å². The Bertz CT molecular complexity index is 809. The number of rotatable bonds is 8. The lowest BCUT2D eigenvalue weighted by molar-refractivity contribution is -0.384. The fourth-order valence-corrected chi connectivity index (χ4v) is 2.12. The van der Waals surface area contributed by atoms with Crippen molar-refractivity contribution in [3.63, 3.8) is 0 Å². The van der Waals surface area contributed by atoms with E-state index in [-0.39, 0.29) is 23.0 Å². The molecule has 0 aliphatic heterocycles. The Balaban J connectivity index is 1.83. The molecule has 26 heavy (non-hydrogen) atoms. The van der Waals surface area contributed by atoms with E-state index < -0.39 is 10.8 Å². The zero-order valence-electron chi connectivity index (χ0n) is 13.8. The van der Waals surface area contributed by atoms with Crippen LogP contribution in [0.4, 0.5) is 11.4 Å². The minimum atomic E-state index is -0.629. The van der Waals surface area contributed by atoms with E-state index in [0.29, 0.717) is 6.61 Å². The molecule has 136 valence electrons. The van der Waals surface area contributed by atoms with Crippen molar-refractivity contribution in [1.82, 2.24) is 0 Å². The van der Waals surface area contributed by atoms with E-state index in [4.69, 9.17) is 21.2 Å². The predicted molar refractivity (Wildman–Crippen MR) is 97.9 cm³/mol. The molecule has 0 atom stereocenters. The average molecular weight is 378 g/mol. The summed E-state index contributed by atoms with van der Waals surface area (Å²) in [6.45, 7) is 2.14. The molecule has 0 aromatic heterocycles. The summed E-state index contributed by atoms with van der Waals surface area (Å²) in [7, 11) is 0. The summed E-state index contributed by atoms with van der Waals surface area (Å²) < 4.78 is 5.33. The van der Waals surface area contributed by atoms with Gasteiger partial charge in [0, 0.05) is 11.8 Å². The number of nitrogens with zero attached hydrogens (tertiary/aromatic N) is 2. The second-order valence-corrected chi connectivity index (χ2v) is 5.39. The molecule has 0 aliphatic rings. The van der Waals surface area contributed by atoms with Crippen LogP contribution >= 0.6 is 11.6 Å². The van der Waals surface area contributed by atoms with Gasteiger partial charge in [-0.05, 0) is 48.9 Å². The number of amides is 1. The van der Waals surface area contributed by atoms with Crippen molar-refractivity contribution in [2.24, 2.45) is 5.16 Å². The van der Waals surface area contributed by atoms with Gasteiger partial charge in [-0.2, -0.15) is 0 Å². The number of hydrogen-bond acceptors (Lipinski definition) is 6. The van der Waals surface area contributed by atoms with Crippen molar-refractivity contribution >= 4 is 35.1 Å². The number of anilines is 1. The summed E-state index contributed by atoms with van der Waals surface area (Å²) in [4.78, 5) is 26.9. The molecular formula is C17H16ClN3O5. The number of oxime groups is 1. The zero-order valence-corrected chi connectivity index (χ0v) is 14.6. The number of nitrogens with one attached hydrogen (secondary N) is 1. The molecule has 0 saturated carbocycles. The molecule has 9 heteroatoms. The number of ether oxygens (including phenoxy) is 1. The highest BCUT2D eigenvalue weighted by molar-refractivity contribution is 6.32. The molecule has 0 radical (unpaired) electrons. The average Bonchev–Trinajstić information content (AvgIpc) is 2.62. The van der Waals surface area contributed by atoms with Crippen molar-refractivity contribution in [2.45, 2.75) is 6.92 Å². The van der Waals surface area contributed by atoms with Gasteiger partial charge in [0.05, 0.1) is 17.7 Å². The molecule has 2 rings (SSSR count). The van der Waals surface area contributed by atoms with Crippen LogP contribution in [0.2, 0.25) is 5.02 Å². The van der Waals surface area contributed by atoms with Crippen LogP contribution in [0.25, 0.3) is 0 Å². The summed E-state index contributed by atoms with van der Waals surface area (Å²) >= 11 is 5.71. The zero-order chi connectivity index (χ0) is 18.9. The number of hydrogen-bond donors (Lipinski definition) is 1. The summed E-state index contributed by atoms with van der Waals surface area (Å²) in [5, 5.41) is 17.0. The lowest BCUT2D eigenvalue weighted by atomic mass is 10.2. The predicted octanol–water partition coefficient (Wildman–Crippen LogP) is 3.64. The number of carbonyl (C=O) groups excluding carboxylic acids is 1. The van der Waals surface area contributed by atoms with E-state index in [1.807, 2.05) is 6.92 Å². The molecule has 0 fully saturated rings. The Morgan fingerprint density at radius 3 is 2.69 bits per heavy atom. The number of nitro benzene ring substituents is 1. The van der Waals surface area contributed by atoms with Gasteiger partial charge in [0.15, 0.2) is 6.61 Å². The summed E-state index contributed by atoms with van der Waals surface area (Å²) in [5.41, 5.74) is 0.728. The monoisotopic (exact) mass is 377 g/mol. The van der Waals surface area contributed by atoms with Crippen molar-refractivity contribution in [3.05, 3.63) is 63.2 Å². The van der Waals surface area contributed by atoms with Crippen molar-refractivity contribution < 1.29 is 19.3 Å². The minimum absolute atomic E-state index is 0.01000. The third kappa shape index (κ3) is 5.75. The van der Waals surface area contributed by atoms with Crippen LogP contribution < -0.4 is 10.1 Å². The summed E-state index contributed by atoms with van der Waals surface area (Å²) in [6.07, 6.45) is 1.45. The lowest BCUT2D eigenvalue weighted by Gasteiger charge is -2.05. The molecule has 1 amide bonds. The Kier molecular flexibility index (Phi) is 6.92. The highest BCUT2D eigenvalue weighted by atomic mass is 35.5. The van der Waals surface area contributed by atoms with Gasteiger partial charge >= 0.3 is 0 Å². The first-order valence-electron chi connectivity index (χ1n) is 7.61. The molecule has 0 unspecified atom stereocenters. The lowest BCUT2D eigenvalue weighted by Crippen LogP contribution is -2.17. The molecule has 0 heterocycles. The summed E-state index contributed by atoms with van der Waals surface area (Å²) in [5.74, 6) is 0.243. The second-order valence-electron chi connectivity index (χ2n) is 4.98. The van der Waals surface area contributed by atoms with Crippen molar-refractivity contribution in [2.75, 3.05) is 18.5 Å². The van der Waals surface area contributed by atoms with Crippen LogP contribution in [0.1, 0.15) is 12.5 Å². The van der Waals surface area contributed by atoms with Gasteiger partial charge in [0.25, 0.3) is 11.6 Å². The number of halogens is 1. The molecular weight excluding hydrogens is 362 g/mol. The van der Waals surface area contributed by atoms with Gasteiger partial charge in [0.1, 0.15) is 10.8 Å². The van der Waals surface area contributed by atoms with E-state index in [1.165, 1.54) is 24.4 Å². The molecule has 8 nitrogen and oxygen atoms in total. The fraction of sp³-hybridized carbons (Fsp3) is 0.176. The molecule has 0 aliphatic carbocycles. The van der Waals surface area contributed by atoms with Crippen LogP contribution in [0.15, 0.2) is 47.6 Å². The van der Waals surface area contributed by atoms with Crippen LogP contribution in [0.3, 0.4) is 0 Å². The van der Waals surface area contributed by atoms with Gasteiger partial charge in [-0.15, -0.1) is 0 Å². The maximum absolute atomic E-state index is 11.8.